The third-order valence-electron chi connectivity index (χ3n) is 4.37. The Labute approximate surface area is 141 Å². The van der Waals surface area contributed by atoms with E-state index >= 15 is 0 Å². The third-order valence-corrected chi connectivity index (χ3v) is 4.37. The molecule has 0 aromatic carbocycles. The lowest BCUT2D eigenvalue weighted by Crippen LogP contribution is -2.44. The van der Waals surface area contributed by atoms with Gasteiger partial charge >= 0.3 is 6.09 Å². The minimum absolute atomic E-state index is 0.422. The molecule has 5 heteroatoms. The van der Waals surface area contributed by atoms with Crippen molar-refractivity contribution >= 4 is 12.8 Å². The first kappa shape index (κ1) is 20.1. The van der Waals surface area contributed by atoms with Crippen LogP contribution in [0.4, 0.5) is 4.79 Å². The van der Waals surface area contributed by atoms with Crippen LogP contribution in [0.15, 0.2) is 0 Å². The van der Waals surface area contributed by atoms with Gasteiger partial charge in [0.2, 0.25) is 0 Å². The van der Waals surface area contributed by atoms with Gasteiger partial charge in [0, 0.05) is 21.0 Å². The van der Waals surface area contributed by atoms with Gasteiger partial charge in [0.25, 0.3) is 5.72 Å². The maximum atomic E-state index is 12.1. The molecule has 134 valence electrons. The summed E-state index contributed by atoms with van der Waals surface area (Å²) < 4.78 is 17.9. The van der Waals surface area contributed by atoms with Gasteiger partial charge in [0.15, 0.2) is 0 Å². The van der Waals surface area contributed by atoms with Gasteiger partial charge in [-0.1, -0.05) is 0 Å². The minimum atomic E-state index is -0.786. The number of hydrogen-bond acceptors (Lipinski definition) is 4. The van der Waals surface area contributed by atoms with Crippen molar-refractivity contribution in [3.8, 4) is 0 Å². The van der Waals surface area contributed by atoms with Crippen molar-refractivity contribution in [1.82, 2.24) is 0 Å². The molecule has 5 nitrogen and oxygen atoms in total. The standard InChI is InChI=1S/C18H34NO4/c1-17(2,3)23-16(20)19(6)18(4,5)22-13-12-14-8-10-15(21-7)11-9-14/h14-15H,6,8-13H2,1-5,7H3/q+1. The van der Waals surface area contributed by atoms with Crippen molar-refractivity contribution in [2.45, 2.75) is 84.2 Å². The highest BCUT2D eigenvalue weighted by Gasteiger charge is 2.39. The lowest BCUT2D eigenvalue weighted by atomic mass is 9.85. The molecule has 1 rings (SSSR count). The molecule has 0 N–H and O–H groups in total. The predicted octanol–water partition coefficient (Wildman–Crippen LogP) is 3.98. The van der Waals surface area contributed by atoms with E-state index < -0.39 is 17.4 Å². The summed E-state index contributed by atoms with van der Waals surface area (Å²) in [7, 11) is 1.79. The highest BCUT2D eigenvalue weighted by molar-refractivity contribution is 5.61. The number of carbonyl (C=O) groups excluding carboxylic acids is 1. The van der Waals surface area contributed by atoms with Crippen molar-refractivity contribution < 1.29 is 23.6 Å². The van der Waals surface area contributed by atoms with Gasteiger partial charge in [0.1, 0.15) is 12.3 Å². The number of nitrogens with zero attached hydrogens (tertiary/aromatic N) is 1. The summed E-state index contributed by atoms with van der Waals surface area (Å²) in [6.45, 7) is 13.6. The number of hydrogen-bond donors (Lipinski definition) is 0. The van der Waals surface area contributed by atoms with Crippen LogP contribution >= 0.6 is 0 Å². The number of methoxy groups -OCH3 is 1. The average molecular weight is 328 g/mol. The Morgan fingerprint density at radius 3 is 2.17 bits per heavy atom. The fourth-order valence-corrected chi connectivity index (χ4v) is 2.75. The smallest absolute Gasteiger partial charge is 0.406 e. The van der Waals surface area contributed by atoms with E-state index in [1.54, 1.807) is 7.11 Å². The van der Waals surface area contributed by atoms with Gasteiger partial charge < -0.3 is 14.2 Å². The number of rotatable bonds is 6. The highest BCUT2D eigenvalue weighted by Crippen LogP contribution is 2.28. The summed E-state index contributed by atoms with van der Waals surface area (Å²) in [5.74, 6) is 0.678. The molecular formula is C18H34NO4+. The normalized spacial score (nSPS) is 22.7. The molecule has 0 saturated heterocycles. The maximum absolute atomic E-state index is 12.1. The van der Waals surface area contributed by atoms with Crippen LogP contribution in [0.3, 0.4) is 0 Å². The van der Waals surface area contributed by atoms with Crippen LogP contribution in [0.1, 0.15) is 66.7 Å². The predicted molar refractivity (Wildman–Crippen MR) is 91.0 cm³/mol. The second-order valence-electron chi connectivity index (χ2n) is 7.87. The summed E-state index contributed by atoms with van der Waals surface area (Å²) in [5.41, 5.74) is -1.32. The number of amides is 1. The molecule has 0 aliphatic heterocycles. The van der Waals surface area contributed by atoms with Gasteiger partial charge in [-0.25, -0.2) is 0 Å². The Balaban J connectivity index is 2.37. The maximum Gasteiger partial charge on any atom is 0.598 e. The largest absolute Gasteiger partial charge is 0.598 e. The summed E-state index contributed by atoms with van der Waals surface area (Å²) in [5, 5.41) is 0. The molecule has 1 saturated carbocycles. The highest BCUT2D eigenvalue weighted by atomic mass is 16.6. The zero-order valence-corrected chi connectivity index (χ0v) is 15.7. The van der Waals surface area contributed by atoms with Crippen molar-refractivity contribution in [3.05, 3.63) is 0 Å². The van der Waals surface area contributed by atoms with E-state index in [4.69, 9.17) is 14.2 Å². The summed E-state index contributed by atoms with van der Waals surface area (Å²) in [6.07, 6.45) is 5.58. The first-order chi connectivity index (χ1) is 10.5. The monoisotopic (exact) mass is 328 g/mol. The van der Waals surface area contributed by atoms with Crippen LogP contribution in [0.25, 0.3) is 0 Å². The first-order valence-electron chi connectivity index (χ1n) is 8.55. The first-order valence-corrected chi connectivity index (χ1v) is 8.55. The zero-order chi connectivity index (χ0) is 17.7. The second kappa shape index (κ2) is 8.25. The second-order valence-corrected chi connectivity index (χ2v) is 7.87. The molecule has 0 spiro atoms. The third kappa shape index (κ3) is 7.00. The molecule has 0 radical (unpaired) electrons. The molecule has 0 unspecified atom stereocenters. The molecular weight excluding hydrogens is 294 g/mol. The fourth-order valence-electron chi connectivity index (χ4n) is 2.75. The molecule has 0 heterocycles. The van der Waals surface area contributed by atoms with Gasteiger partial charge in [-0.2, -0.15) is 4.79 Å². The van der Waals surface area contributed by atoms with Crippen molar-refractivity contribution in [1.29, 1.82) is 0 Å². The Morgan fingerprint density at radius 2 is 1.70 bits per heavy atom. The van der Waals surface area contributed by atoms with Crippen molar-refractivity contribution in [2.24, 2.45) is 5.92 Å². The molecule has 1 fully saturated rings. The van der Waals surface area contributed by atoms with Crippen molar-refractivity contribution in [2.75, 3.05) is 13.7 Å². The van der Waals surface area contributed by atoms with E-state index in [-0.39, 0.29) is 0 Å². The van der Waals surface area contributed by atoms with Gasteiger partial charge in [-0.05, 0) is 58.8 Å². The quantitative estimate of drug-likeness (QED) is 0.420. The molecule has 1 amide bonds. The van der Waals surface area contributed by atoms with E-state index in [1.807, 2.05) is 34.6 Å². The van der Waals surface area contributed by atoms with E-state index in [9.17, 15) is 4.79 Å². The Kier molecular flexibility index (Phi) is 7.21. The zero-order valence-electron chi connectivity index (χ0n) is 15.7. The van der Waals surface area contributed by atoms with Gasteiger partial charge in [0.05, 0.1) is 12.7 Å². The molecule has 1 aliphatic carbocycles. The Bertz CT molecular complexity index is 404. The molecule has 1 aliphatic rings. The summed E-state index contributed by atoms with van der Waals surface area (Å²) >= 11 is 0. The molecule has 0 bridgehead atoms. The van der Waals surface area contributed by atoms with E-state index in [2.05, 4.69) is 6.72 Å². The minimum Gasteiger partial charge on any atom is -0.406 e. The molecule has 23 heavy (non-hydrogen) atoms. The molecule has 0 atom stereocenters. The van der Waals surface area contributed by atoms with Crippen LogP contribution in [-0.2, 0) is 14.2 Å². The van der Waals surface area contributed by atoms with Gasteiger partial charge in [-0.15, -0.1) is 4.58 Å². The van der Waals surface area contributed by atoms with Crippen LogP contribution in [-0.4, -0.2) is 48.5 Å². The average Bonchev–Trinajstić information content (AvgIpc) is 2.45. The lowest BCUT2D eigenvalue weighted by Gasteiger charge is -2.28. The van der Waals surface area contributed by atoms with Crippen LogP contribution in [0, 0.1) is 5.92 Å². The number of carbonyl (C=O) groups is 1. The Hall–Kier alpha value is -0.940. The molecule has 0 aromatic rings. The van der Waals surface area contributed by atoms with E-state index in [0.717, 1.165) is 19.3 Å². The summed E-state index contributed by atoms with van der Waals surface area (Å²) in [4.78, 5) is 12.1. The lowest BCUT2D eigenvalue weighted by molar-refractivity contribution is -0.583. The fraction of sp³-hybridized carbons (Fsp3) is 0.889. The van der Waals surface area contributed by atoms with Gasteiger partial charge in [-0.3, -0.25) is 0 Å². The van der Waals surface area contributed by atoms with Crippen LogP contribution < -0.4 is 0 Å². The van der Waals surface area contributed by atoms with E-state index in [1.165, 1.54) is 17.4 Å². The SMILES string of the molecule is C=[N+](C(=O)OC(C)(C)C)C(C)(C)OCCC1CCC(OC)CC1. The van der Waals surface area contributed by atoms with E-state index in [0.29, 0.717) is 18.6 Å². The molecule has 0 aromatic heterocycles. The topological polar surface area (TPSA) is 47.8 Å². The van der Waals surface area contributed by atoms with Crippen LogP contribution in [0.5, 0.6) is 0 Å². The Morgan fingerprint density at radius 1 is 1.13 bits per heavy atom. The van der Waals surface area contributed by atoms with Crippen LogP contribution in [0.2, 0.25) is 0 Å². The summed E-state index contributed by atoms with van der Waals surface area (Å²) in [6, 6.07) is 0. The number of ether oxygens (including phenoxy) is 3. The van der Waals surface area contributed by atoms with Crippen molar-refractivity contribution in [3.63, 3.8) is 0 Å².